The van der Waals surface area contributed by atoms with Crippen molar-refractivity contribution < 1.29 is 13.9 Å². The minimum atomic E-state index is -0.886. The Morgan fingerprint density at radius 2 is 1.08 bits per heavy atom. The Balaban J connectivity index is 1.19. The zero-order chi connectivity index (χ0) is 32.2. The molecule has 0 saturated heterocycles. The minimum absolute atomic E-state index is 0.756. The van der Waals surface area contributed by atoms with E-state index in [1.165, 1.54) is 0 Å². The van der Waals surface area contributed by atoms with Gasteiger partial charge in [0.25, 0.3) is 0 Å². The van der Waals surface area contributed by atoms with Gasteiger partial charge in [-0.05, 0) is 59.2 Å². The number of rotatable bonds is 4. The minimum Gasteiger partial charge on any atom is -0.455 e. The molecule has 0 unspecified atom stereocenters. The molecule has 2 aromatic heterocycles. The lowest BCUT2D eigenvalue weighted by atomic mass is 9.94. The van der Waals surface area contributed by atoms with Gasteiger partial charge in [0.1, 0.15) is 22.7 Å². The smallest absolute Gasteiger partial charge is 0.245 e. The van der Waals surface area contributed by atoms with Crippen molar-refractivity contribution in [3.8, 4) is 67.4 Å². The Bertz CT molecular complexity index is 2420. The van der Waals surface area contributed by atoms with E-state index in [-0.39, 0.29) is 0 Å². The van der Waals surface area contributed by atoms with Crippen molar-refractivity contribution in [2.75, 3.05) is 0 Å². The van der Waals surface area contributed by atoms with E-state index in [0.29, 0.717) is 0 Å². The molecule has 0 saturated carbocycles. The Labute approximate surface area is 278 Å². The fraction of sp³-hybridized carbons (Fsp3) is 0.0682. The van der Waals surface area contributed by atoms with Crippen LogP contribution in [0.3, 0.4) is 0 Å². The molecule has 1 aliphatic rings. The molecule has 0 aliphatic carbocycles. The lowest BCUT2D eigenvalue weighted by molar-refractivity contribution is -0.0778. The van der Waals surface area contributed by atoms with Crippen LogP contribution in [0.5, 0.6) is 11.5 Å². The summed E-state index contributed by atoms with van der Waals surface area (Å²) in [5.74, 6) is 0.643. The number of hydrogen-bond acceptors (Lipinski definition) is 4. The first-order valence-corrected chi connectivity index (χ1v) is 16.2. The highest BCUT2D eigenvalue weighted by molar-refractivity contribution is 6.09. The summed E-state index contributed by atoms with van der Waals surface area (Å²) in [6.45, 7) is 3.90. The fourth-order valence-corrected chi connectivity index (χ4v) is 6.74. The Kier molecular flexibility index (Phi) is 6.44. The number of pyridine rings is 1. The van der Waals surface area contributed by atoms with Crippen LogP contribution >= 0.6 is 0 Å². The van der Waals surface area contributed by atoms with Gasteiger partial charge in [0.05, 0.1) is 11.4 Å². The SMILES string of the molecule is CC1(C)Oc2cc(-c3cccc4c3oc3ccccc34)ccc2-c2cc(-c3cc(-c4ccccc4)nc(-c4ccccc4)c3)ccc2O1. The number of para-hydroxylation sites is 2. The largest absolute Gasteiger partial charge is 0.455 e. The van der Waals surface area contributed by atoms with Crippen LogP contribution in [0.2, 0.25) is 0 Å². The Hall–Kier alpha value is -6.13. The molecule has 9 rings (SSSR count). The number of hydrogen-bond donors (Lipinski definition) is 0. The van der Waals surface area contributed by atoms with Crippen LogP contribution in [0.15, 0.2) is 156 Å². The highest BCUT2D eigenvalue weighted by Crippen LogP contribution is 2.47. The van der Waals surface area contributed by atoms with Gasteiger partial charge in [-0.15, -0.1) is 0 Å². The van der Waals surface area contributed by atoms with Gasteiger partial charge in [-0.1, -0.05) is 109 Å². The molecule has 0 bridgehead atoms. The maximum absolute atomic E-state index is 6.60. The summed E-state index contributed by atoms with van der Waals surface area (Å²) in [5, 5.41) is 2.21. The molecule has 4 nitrogen and oxygen atoms in total. The van der Waals surface area contributed by atoms with Crippen LogP contribution in [-0.4, -0.2) is 10.8 Å². The van der Waals surface area contributed by atoms with Gasteiger partial charge >= 0.3 is 0 Å². The molecule has 0 fully saturated rings. The summed E-state index contributed by atoms with van der Waals surface area (Å²) in [6, 6.07) is 52.2. The zero-order valence-corrected chi connectivity index (χ0v) is 26.6. The number of fused-ring (bicyclic) bond motifs is 6. The number of nitrogens with zero attached hydrogens (tertiary/aromatic N) is 1. The van der Waals surface area contributed by atoms with Crippen molar-refractivity contribution in [3.63, 3.8) is 0 Å². The first-order chi connectivity index (χ1) is 23.5. The lowest BCUT2D eigenvalue weighted by Gasteiger charge is -2.25. The molecule has 6 aromatic carbocycles. The fourth-order valence-electron chi connectivity index (χ4n) is 6.74. The molecule has 0 atom stereocenters. The van der Waals surface area contributed by atoms with Crippen LogP contribution in [0, 0.1) is 0 Å². The van der Waals surface area contributed by atoms with Gasteiger partial charge < -0.3 is 13.9 Å². The van der Waals surface area contributed by atoms with Crippen molar-refractivity contribution in [2.24, 2.45) is 0 Å². The maximum Gasteiger partial charge on any atom is 0.245 e. The maximum atomic E-state index is 6.60. The molecule has 0 spiro atoms. The van der Waals surface area contributed by atoms with Crippen molar-refractivity contribution >= 4 is 21.9 Å². The average molecular weight is 622 g/mol. The number of benzene rings is 6. The van der Waals surface area contributed by atoms with E-state index in [0.717, 1.165) is 89.3 Å². The van der Waals surface area contributed by atoms with Crippen LogP contribution in [-0.2, 0) is 0 Å². The molecule has 0 N–H and O–H groups in total. The second-order valence-electron chi connectivity index (χ2n) is 12.7. The van der Waals surface area contributed by atoms with Gasteiger partial charge in [-0.25, -0.2) is 4.98 Å². The van der Waals surface area contributed by atoms with Gasteiger partial charge in [0.15, 0.2) is 0 Å². The summed E-state index contributed by atoms with van der Waals surface area (Å²) in [4.78, 5) is 5.08. The van der Waals surface area contributed by atoms with Gasteiger partial charge in [0, 0.05) is 52.4 Å². The van der Waals surface area contributed by atoms with Crippen molar-refractivity contribution in [2.45, 2.75) is 19.6 Å². The van der Waals surface area contributed by atoms with Crippen molar-refractivity contribution in [1.82, 2.24) is 4.98 Å². The van der Waals surface area contributed by atoms with E-state index in [1.807, 2.05) is 68.4 Å². The van der Waals surface area contributed by atoms with Crippen LogP contribution in [0.1, 0.15) is 13.8 Å². The number of ether oxygens (including phenoxy) is 2. The zero-order valence-electron chi connectivity index (χ0n) is 26.6. The molecule has 4 heteroatoms. The van der Waals surface area contributed by atoms with Gasteiger partial charge in [-0.3, -0.25) is 0 Å². The molecule has 3 heterocycles. The first-order valence-electron chi connectivity index (χ1n) is 16.2. The van der Waals surface area contributed by atoms with Gasteiger partial charge in [-0.2, -0.15) is 0 Å². The monoisotopic (exact) mass is 621 g/mol. The molecule has 0 radical (unpaired) electrons. The molecule has 8 aromatic rings. The van der Waals surface area contributed by atoms with E-state index in [1.54, 1.807) is 0 Å². The molecule has 48 heavy (non-hydrogen) atoms. The van der Waals surface area contributed by atoms with Crippen molar-refractivity contribution in [3.05, 3.63) is 152 Å². The summed E-state index contributed by atoms with van der Waals surface area (Å²) in [5.41, 5.74) is 11.9. The Morgan fingerprint density at radius 1 is 0.438 bits per heavy atom. The molecular weight excluding hydrogens is 590 g/mol. The third-order valence-corrected chi connectivity index (χ3v) is 8.98. The van der Waals surface area contributed by atoms with E-state index in [4.69, 9.17) is 18.9 Å². The van der Waals surface area contributed by atoms with E-state index in [2.05, 4.69) is 97.1 Å². The summed E-state index contributed by atoms with van der Waals surface area (Å²) >= 11 is 0. The standard InChI is InChI=1S/C44H31NO3/c1-44(2)47-41-23-21-30(32-25-38(28-12-5-3-6-13-28)45-39(26-32)29-14-7-4-8-15-29)24-37(41)35-22-20-31(27-42(35)48-44)33-17-11-18-36-34-16-9-10-19-40(34)46-43(33)36/h3-27H,1-2H3. The first kappa shape index (κ1) is 28.1. The average Bonchev–Trinajstić information content (AvgIpc) is 3.46. The predicted octanol–water partition coefficient (Wildman–Crippen LogP) is 11.8. The highest BCUT2D eigenvalue weighted by Gasteiger charge is 2.30. The molecule has 1 aliphatic heterocycles. The van der Waals surface area contributed by atoms with Crippen LogP contribution in [0.4, 0.5) is 0 Å². The normalized spacial score (nSPS) is 13.3. The van der Waals surface area contributed by atoms with Crippen molar-refractivity contribution in [1.29, 1.82) is 0 Å². The van der Waals surface area contributed by atoms with Gasteiger partial charge in [0.2, 0.25) is 5.79 Å². The second kappa shape index (κ2) is 11.0. The summed E-state index contributed by atoms with van der Waals surface area (Å²) < 4.78 is 19.5. The number of furan rings is 1. The summed E-state index contributed by atoms with van der Waals surface area (Å²) in [7, 11) is 0. The third kappa shape index (κ3) is 4.90. The summed E-state index contributed by atoms with van der Waals surface area (Å²) in [6.07, 6.45) is 0. The lowest BCUT2D eigenvalue weighted by Crippen LogP contribution is -2.34. The topological polar surface area (TPSA) is 44.5 Å². The predicted molar refractivity (Wildman–Crippen MR) is 194 cm³/mol. The highest BCUT2D eigenvalue weighted by atomic mass is 16.7. The number of aromatic nitrogens is 1. The van der Waals surface area contributed by atoms with E-state index >= 15 is 0 Å². The second-order valence-corrected chi connectivity index (χ2v) is 12.7. The molecule has 230 valence electrons. The van der Waals surface area contributed by atoms with E-state index in [9.17, 15) is 0 Å². The van der Waals surface area contributed by atoms with E-state index < -0.39 is 5.79 Å². The van der Waals surface area contributed by atoms with Crippen LogP contribution in [0.25, 0.3) is 77.8 Å². The van der Waals surface area contributed by atoms with Crippen LogP contribution < -0.4 is 9.47 Å². The third-order valence-electron chi connectivity index (χ3n) is 8.98. The Morgan fingerprint density at radius 3 is 1.83 bits per heavy atom. The molecular formula is C44H31NO3. The molecule has 0 amide bonds. The quantitative estimate of drug-likeness (QED) is 0.196.